The van der Waals surface area contributed by atoms with Gasteiger partial charge in [-0.25, -0.2) is 8.42 Å². The molecular formula is C12H15ClF3NO2S. The largest absolute Gasteiger partial charge is 0.501 e. The van der Waals surface area contributed by atoms with E-state index in [1.165, 1.54) is 12.1 Å². The van der Waals surface area contributed by atoms with E-state index < -0.39 is 20.2 Å². The van der Waals surface area contributed by atoms with Crippen molar-refractivity contribution in [1.29, 1.82) is 0 Å². The molecule has 0 heterocycles. The van der Waals surface area contributed by atoms with Gasteiger partial charge in [-0.15, -0.1) is 11.6 Å². The van der Waals surface area contributed by atoms with Crippen LogP contribution in [0.3, 0.4) is 0 Å². The van der Waals surface area contributed by atoms with Gasteiger partial charge in [-0.2, -0.15) is 13.2 Å². The van der Waals surface area contributed by atoms with E-state index in [1.807, 2.05) is 6.92 Å². The number of hydrogen-bond acceptors (Lipinski definition) is 3. The molecule has 1 aromatic rings. The molecule has 0 aliphatic rings. The minimum atomic E-state index is -5.28. The van der Waals surface area contributed by atoms with Gasteiger partial charge in [0.05, 0.1) is 4.90 Å². The molecule has 1 atom stereocenters. The highest BCUT2D eigenvalue weighted by Crippen LogP contribution is 2.30. The second-order valence-corrected chi connectivity index (χ2v) is 6.75. The van der Waals surface area contributed by atoms with Crippen LogP contribution >= 0.6 is 11.6 Å². The SMILES string of the molecule is CCC(Cl)CCNc1ccc(S(=O)(=O)C(F)(F)F)cc1. The molecule has 8 heteroatoms. The standard InChI is InChI=1S/C12H15ClF3NO2S/c1-2-9(13)7-8-17-10-3-5-11(6-4-10)20(18,19)12(14,15)16/h3-6,9,17H,2,7-8H2,1H3. The Labute approximate surface area is 121 Å². The van der Waals surface area contributed by atoms with Gasteiger partial charge in [0.2, 0.25) is 0 Å². The van der Waals surface area contributed by atoms with E-state index in [2.05, 4.69) is 5.32 Å². The van der Waals surface area contributed by atoms with E-state index in [1.54, 1.807) is 0 Å². The third-order valence-corrected chi connectivity index (χ3v) is 4.73. The summed E-state index contributed by atoms with van der Waals surface area (Å²) >= 11 is 5.92. The van der Waals surface area contributed by atoms with Crippen LogP contribution in [0.25, 0.3) is 0 Å². The van der Waals surface area contributed by atoms with E-state index in [0.717, 1.165) is 18.6 Å². The van der Waals surface area contributed by atoms with E-state index in [0.29, 0.717) is 18.7 Å². The molecule has 0 aliphatic carbocycles. The summed E-state index contributed by atoms with van der Waals surface area (Å²) in [7, 11) is -5.28. The second kappa shape index (κ2) is 6.67. The van der Waals surface area contributed by atoms with E-state index in [9.17, 15) is 21.6 Å². The lowest BCUT2D eigenvalue weighted by atomic mass is 10.2. The minimum Gasteiger partial charge on any atom is -0.385 e. The average Bonchev–Trinajstić information content (AvgIpc) is 2.37. The summed E-state index contributed by atoms with van der Waals surface area (Å²) in [4.78, 5) is -0.765. The van der Waals surface area contributed by atoms with Gasteiger partial charge in [-0.3, -0.25) is 0 Å². The number of benzene rings is 1. The van der Waals surface area contributed by atoms with E-state index in [-0.39, 0.29) is 5.38 Å². The summed E-state index contributed by atoms with van der Waals surface area (Å²) < 4.78 is 59.3. The highest BCUT2D eigenvalue weighted by molar-refractivity contribution is 7.92. The van der Waals surface area contributed by atoms with Crippen molar-refractivity contribution in [3.8, 4) is 0 Å². The molecular weight excluding hydrogens is 315 g/mol. The number of nitrogens with one attached hydrogen (secondary N) is 1. The highest BCUT2D eigenvalue weighted by Gasteiger charge is 2.46. The topological polar surface area (TPSA) is 46.2 Å². The first-order valence-corrected chi connectivity index (χ1v) is 7.89. The van der Waals surface area contributed by atoms with Crippen molar-refractivity contribution in [1.82, 2.24) is 0 Å². The van der Waals surface area contributed by atoms with Gasteiger partial charge in [-0.05, 0) is 37.1 Å². The predicted octanol–water partition coefficient (Wildman–Crippen LogP) is 3.80. The molecule has 1 rings (SSSR count). The molecule has 0 amide bonds. The van der Waals surface area contributed by atoms with E-state index >= 15 is 0 Å². The van der Waals surface area contributed by atoms with Crippen LogP contribution in [0.4, 0.5) is 18.9 Å². The molecule has 0 aliphatic heterocycles. The first kappa shape index (κ1) is 17.1. The van der Waals surface area contributed by atoms with Crippen LogP contribution in [0.15, 0.2) is 29.2 Å². The van der Waals surface area contributed by atoms with Gasteiger partial charge in [0.1, 0.15) is 0 Å². The quantitative estimate of drug-likeness (QED) is 0.807. The van der Waals surface area contributed by atoms with Crippen molar-refractivity contribution in [2.24, 2.45) is 0 Å². The number of anilines is 1. The van der Waals surface area contributed by atoms with Crippen LogP contribution in [0.1, 0.15) is 19.8 Å². The maximum Gasteiger partial charge on any atom is 0.501 e. The van der Waals surface area contributed by atoms with Crippen LogP contribution in [0.5, 0.6) is 0 Å². The highest BCUT2D eigenvalue weighted by atomic mass is 35.5. The summed E-state index contributed by atoms with van der Waals surface area (Å²) in [6, 6.07) is 4.47. The maximum absolute atomic E-state index is 12.3. The lowest BCUT2D eigenvalue weighted by Gasteiger charge is -2.11. The molecule has 0 aromatic heterocycles. The lowest BCUT2D eigenvalue weighted by molar-refractivity contribution is -0.0436. The van der Waals surface area contributed by atoms with Crippen LogP contribution in [-0.4, -0.2) is 25.8 Å². The van der Waals surface area contributed by atoms with E-state index in [4.69, 9.17) is 11.6 Å². The zero-order chi connectivity index (χ0) is 15.4. The lowest BCUT2D eigenvalue weighted by Crippen LogP contribution is -2.23. The molecule has 20 heavy (non-hydrogen) atoms. The summed E-state index contributed by atoms with van der Waals surface area (Å²) in [6.45, 7) is 2.52. The van der Waals surface area contributed by atoms with Gasteiger partial charge in [-0.1, -0.05) is 6.92 Å². The van der Waals surface area contributed by atoms with Gasteiger partial charge in [0.25, 0.3) is 9.84 Å². The molecule has 3 nitrogen and oxygen atoms in total. The third-order valence-electron chi connectivity index (χ3n) is 2.70. The molecule has 0 radical (unpaired) electrons. The number of alkyl halides is 4. The maximum atomic E-state index is 12.3. The Kier molecular flexibility index (Phi) is 5.70. The fourth-order valence-electron chi connectivity index (χ4n) is 1.46. The second-order valence-electron chi connectivity index (χ2n) is 4.19. The zero-order valence-corrected chi connectivity index (χ0v) is 12.3. The Morgan fingerprint density at radius 2 is 1.80 bits per heavy atom. The fourth-order valence-corrected chi connectivity index (χ4v) is 2.33. The van der Waals surface area contributed by atoms with Crippen molar-refractivity contribution in [3.63, 3.8) is 0 Å². The Balaban J connectivity index is 2.71. The van der Waals surface area contributed by atoms with Crippen molar-refractivity contribution < 1.29 is 21.6 Å². The third kappa shape index (κ3) is 4.28. The number of sulfone groups is 1. The van der Waals surface area contributed by atoms with Gasteiger partial charge in [0, 0.05) is 17.6 Å². The van der Waals surface area contributed by atoms with Crippen molar-refractivity contribution in [3.05, 3.63) is 24.3 Å². The first-order valence-electron chi connectivity index (χ1n) is 5.98. The zero-order valence-electron chi connectivity index (χ0n) is 10.7. The number of hydrogen-bond donors (Lipinski definition) is 1. The molecule has 0 saturated heterocycles. The Morgan fingerprint density at radius 3 is 2.25 bits per heavy atom. The van der Waals surface area contributed by atoms with Crippen LogP contribution < -0.4 is 5.32 Å². The molecule has 0 saturated carbocycles. The number of rotatable bonds is 6. The molecule has 114 valence electrons. The Morgan fingerprint density at radius 1 is 1.25 bits per heavy atom. The van der Waals surface area contributed by atoms with Gasteiger partial charge in [0.15, 0.2) is 0 Å². The summed E-state index contributed by atoms with van der Waals surface area (Å²) in [5.74, 6) is 0. The smallest absolute Gasteiger partial charge is 0.385 e. The minimum absolute atomic E-state index is 0.0346. The van der Waals surface area contributed by atoms with Crippen molar-refractivity contribution in [2.45, 2.75) is 35.5 Å². The predicted molar refractivity (Wildman–Crippen MR) is 72.7 cm³/mol. The molecule has 0 spiro atoms. The van der Waals surface area contributed by atoms with Crippen LogP contribution in [0, 0.1) is 0 Å². The van der Waals surface area contributed by atoms with Gasteiger partial charge >= 0.3 is 5.51 Å². The monoisotopic (exact) mass is 329 g/mol. The molecule has 1 N–H and O–H groups in total. The summed E-state index contributed by atoms with van der Waals surface area (Å²) in [5, 5.41) is 3.00. The molecule has 1 unspecified atom stereocenters. The van der Waals surface area contributed by atoms with Crippen molar-refractivity contribution in [2.75, 3.05) is 11.9 Å². The Hall–Kier alpha value is -0.950. The average molecular weight is 330 g/mol. The molecule has 0 fully saturated rings. The van der Waals surface area contributed by atoms with Crippen LogP contribution in [0.2, 0.25) is 0 Å². The van der Waals surface area contributed by atoms with Crippen LogP contribution in [-0.2, 0) is 9.84 Å². The molecule has 1 aromatic carbocycles. The Bertz CT molecular complexity index is 529. The normalized spacial score (nSPS) is 14.1. The summed E-state index contributed by atoms with van der Waals surface area (Å²) in [5.41, 5.74) is -4.74. The fraction of sp³-hybridized carbons (Fsp3) is 0.500. The molecule has 0 bridgehead atoms. The van der Waals surface area contributed by atoms with Gasteiger partial charge < -0.3 is 5.32 Å². The van der Waals surface area contributed by atoms with Crippen molar-refractivity contribution >= 4 is 27.1 Å². The number of halogens is 4. The summed E-state index contributed by atoms with van der Waals surface area (Å²) in [6.07, 6.45) is 1.53. The first-order chi connectivity index (χ1) is 9.18.